The Morgan fingerprint density at radius 3 is 2.62 bits per heavy atom. The van der Waals surface area contributed by atoms with E-state index in [0.29, 0.717) is 36.6 Å². The highest BCUT2D eigenvalue weighted by Crippen LogP contribution is 2.21. The lowest BCUT2D eigenvalue weighted by Gasteiger charge is -2.30. The monoisotopic (exact) mass is 310 g/mol. The number of hydrogen-bond donors (Lipinski definition) is 0. The number of rotatable bonds is 3. The smallest absolute Gasteiger partial charge is 0.308 e. The molecule has 1 aromatic rings. The molecule has 1 aliphatic rings. The number of ether oxygens (including phenoxy) is 1. The topological polar surface area (TPSA) is 59.5 Å². The molecule has 2 heterocycles. The maximum atomic E-state index is 12.5. The molecule has 1 aliphatic heterocycles. The van der Waals surface area contributed by atoms with E-state index in [1.165, 1.54) is 7.11 Å². The molecule has 0 aromatic carbocycles. The minimum Gasteiger partial charge on any atom is -0.469 e. The molecule has 0 atom stereocenters. The number of aryl methyl sites for hydroxylation is 1. The lowest BCUT2D eigenvalue weighted by atomic mass is 9.96. The summed E-state index contributed by atoms with van der Waals surface area (Å²) in [4.78, 5) is 29.9. The Morgan fingerprint density at radius 2 is 2.05 bits per heavy atom. The lowest BCUT2D eigenvalue weighted by Crippen LogP contribution is -2.40. The van der Waals surface area contributed by atoms with E-state index in [0.717, 1.165) is 12.1 Å². The number of amides is 1. The third-order valence-corrected chi connectivity index (χ3v) is 3.97. The van der Waals surface area contributed by atoms with Crippen molar-refractivity contribution in [3.63, 3.8) is 0 Å². The highest BCUT2D eigenvalue weighted by Gasteiger charge is 2.28. The van der Waals surface area contributed by atoms with E-state index in [9.17, 15) is 9.59 Å². The normalized spacial score (nSPS) is 15.9. The number of nitrogens with zero attached hydrogens (tertiary/aromatic N) is 2. The van der Waals surface area contributed by atoms with E-state index < -0.39 is 0 Å². The zero-order chi connectivity index (χ0) is 15.4. The summed E-state index contributed by atoms with van der Waals surface area (Å²) < 4.78 is 4.75. The summed E-state index contributed by atoms with van der Waals surface area (Å²) in [6.45, 7) is 3.08. The summed E-state index contributed by atoms with van der Waals surface area (Å²) in [5, 5.41) is 0.335. The molecule has 6 heteroatoms. The highest BCUT2D eigenvalue weighted by molar-refractivity contribution is 6.29. The number of likely N-dealkylation sites (tertiary alicyclic amines) is 1. The van der Waals surface area contributed by atoms with Gasteiger partial charge in [-0.2, -0.15) is 0 Å². The van der Waals surface area contributed by atoms with Gasteiger partial charge in [-0.05, 0) is 31.4 Å². The van der Waals surface area contributed by atoms with Crippen molar-refractivity contribution in [3.8, 4) is 0 Å². The van der Waals surface area contributed by atoms with Gasteiger partial charge in [0.15, 0.2) is 0 Å². The molecule has 0 bridgehead atoms. The Kier molecular flexibility index (Phi) is 5.17. The number of carbonyl (C=O) groups is 2. The molecule has 2 rings (SSSR count). The summed E-state index contributed by atoms with van der Waals surface area (Å²) >= 11 is 5.95. The van der Waals surface area contributed by atoms with Crippen LogP contribution in [0, 0.1) is 5.92 Å². The minimum atomic E-state index is -0.192. The predicted octanol–water partition coefficient (Wildman–Crippen LogP) is 2.32. The Balaban J connectivity index is 2.05. The van der Waals surface area contributed by atoms with Crippen LogP contribution in [-0.4, -0.2) is 42.0 Å². The second kappa shape index (κ2) is 6.89. The maximum Gasteiger partial charge on any atom is 0.308 e. The lowest BCUT2D eigenvalue weighted by molar-refractivity contribution is -0.146. The van der Waals surface area contributed by atoms with Crippen LogP contribution < -0.4 is 0 Å². The van der Waals surface area contributed by atoms with E-state index in [-0.39, 0.29) is 17.8 Å². The molecule has 5 nitrogen and oxygen atoms in total. The standard InChI is InChI=1S/C15H19ClN2O3/c1-3-12-8-11(9-13(16)17-12)14(19)18-6-4-10(5-7-18)15(20)21-2/h8-10H,3-7H2,1-2H3. The Labute approximate surface area is 129 Å². The molecule has 0 saturated carbocycles. The van der Waals surface area contributed by atoms with E-state index in [1.54, 1.807) is 17.0 Å². The summed E-state index contributed by atoms with van der Waals surface area (Å²) in [7, 11) is 1.39. The van der Waals surface area contributed by atoms with Crippen molar-refractivity contribution in [3.05, 3.63) is 28.5 Å². The summed E-state index contributed by atoms with van der Waals surface area (Å²) in [5.41, 5.74) is 1.36. The second-order valence-electron chi connectivity index (χ2n) is 5.11. The van der Waals surface area contributed by atoms with Crippen molar-refractivity contribution >= 4 is 23.5 Å². The van der Waals surface area contributed by atoms with Gasteiger partial charge in [-0.3, -0.25) is 9.59 Å². The fourth-order valence-electron chi connectivity index (χ4n) is 2.52. The Morgan fingerprint density at radius 1 is 1.38 bits per heavy atom. The number of pyridine rings is 1. The zero-order valence-electron chi connectivity index (χ0n) is 12.3. The van der Waals surface area contributed by atoms with Gasteiger partial charge in [0.25, 0.3) is 5.91 Å². The van der Waals surface area contributed by atoms with Crippen molar-refractivity contribution in [2.75, 3.05) is 20.2 Å². The number of hydrogen-bond acceptors (Lipinski definition) is 4. The molecule has 0 N–H and O–H groups in total. The summed E-state index contributed by atoms with van der Waals surface area (Å²) in [6, 6.07) is 3.37. The zero-order valence-corrected chi connectivity index (χ0v) is 13.0. The van der Waals surface area contributed by atoms with Crippen LogP contribution in [0.25, 0.3) is 0 Å². The molecular formula is C15H19ClN2O3. The molecular weight excluding hydrogens is 292 g/mol. The van der Waals surface area contributed by atoms with E-state index in [1.807, 2.05) is 6.92 Å². The minimum absolute atomic E-state index is 0.0580. The van der Waals surface area contributed by atoms with Gasteiger partial charge >= 0.3 is 5.97 Å². The fraction of sp³-hybridized carbons (Fsp3) is 0.533. The molecule has 1 aromatic heterocycles. The van der Waals surface area contributed by atoms with Crippen molar-refractivity contribution in [1.29, 1.82) is 0 Å². The van der Waals surface area contributed by atoms with Crippen molar-refractivity contribution in [1.82, 2.24) is 9.88 Å². The van der Waals surface area contributed by atoms with E-state index in [4.69, 9.17) is 16.3 Å². The molecule has 114 valence electrons. The molecule has 0 unspecified atom stereocenters. The average Bonchev–Trinajstić information content (AvgIpc) is 2.52. The first-order valence-electron chi connectivity index (χ1n) is 7.08. The Hall–Kier alpha value is -1.62. The fourth-order valence-corrected chi connectivity index (χ4v) is 2.75. The first-order valence-corrected chi connectivity index (χ1v) is 7.46. The van der Waals surface area contributed by atoms with Gasteiger partial charge < -0.3 is 9.64 Å². The Bertz CT molecular complexity index is 540. The molecule has 0 aliphatic carbocycles. The van der Waals surface area contributed by atoms with Crippen LogP contribution in [0.2, 0.25) is 5.15 Å². The van der Waals surface area contributed by atoms with Crippen LogP contribution in [0.4, 0.5) is 0 Å². The highest BCUT2D eigenvalue weighted by atomic mass is 35.5. The van der Waals surface area contributed by atoms with Crippen LogP contribution in [0.5, 0.6) is 0 Å². The largest absolute Gasteiger partial charge is 0.469 e. The predicted molar refractivity (Wildman–Crippen MR) is 79.3 cm³/mol. The molecule has 1 amide bonds. The third-order valence-electron chi connectivity index (χ3n) is 3.77. The van der Waals surface area contributed by atoms with Gasteiger partial charge in [-0.25, -0.2) is 4.98 Å². The first kappa shape index (κ1) is 15.8. The van der Waals surface area contributed by atoms with Crippen LogP contribution in [-0.2, 0) is 16.0 Å². The van der Waals surface area contributed by atoms with E-state index >= 15 is 0 Å². The number of piperidine rings is 1. The number of esters is 1. The van der Waals surface area contributed by atoms with Crippen LogP contribution >= 0.6 is 11.6 Å². The molecule has 1 saturated heterocycles. The van der Waals surface area contributed by atoms with Crippen molar-refractivity contribution < 1.29 is 14.3 Å². The maximum absolute atomic E-state index is 12.5. The molecule has 0 spiro atoms. The average molecular weight is 311 g/mol. The summed E-state index contributed by atoms with van der Waals surface area (Å²) in [5.74, 6) is -0.356. The van der Waals surface area contributed by atoms with Gasteiger partial charge in [-0.1, -0.05) is 18.5 Å². The molecule has 0 radical (unpaired) electrons. The SMILES string of the molecule is CCc1cc(C(=O)N2CCC(C(=O)OC)CC2)cc(Cl)n1. The molecule has 21 heavy (non-hydrogen) atoms. The van der Waals surface area contributed by atoms with Gasteiger partial charge in [0, 0.05) is 24.3 Å². The first-order chi connectivity index (χ1) is 10.0. The quantitative estimate of drug-likeness (QED) is 0.635. The van der Waals surface area contributed by atoms with Crippen LogP contribution in [0.1, 0.15) is 35.8 Å². The number of methoxy groups -OCH3 is 1. The van der Waals surface area contributed by atoms with Gasteiger partial charge in [0.1, 0.15) is 5.15 Å². The second-order valence-corrected chi connectivity index (χ2v) is 5.50. The number of carbonyl (C=O) groups excluding carboxylic acids is 2. The van der Waals surface area contributed by atoms with Crippen LogP contribution in [0.15, 0.2) is 12.1 Å². The number of aromatic nitrogens is 1. The van der Waals surface area contributed by atoms with Crippen molar-refractivity contribution in [2.24, 2.45) is 5.92 Å². The van der Waals surface area contributed by atoms with Gasteiger partial charge in [-0.15, -0.1) is 0 Å². The molecule has 1 fully saturated rings. The van der Waals surface area contributed by atoms with Gasteiger partial charge in [0.2, 0.25) is 0 Å². The van der Waals surface area contributed by atoms with Crippen LogP contribution in [0.3, 0.4) is 0 Å². The third kappa shape index (κ3) is 3.73. The van der Waals surface area contributed by atoms with Gasteiger partial charge in [0.05, 0.1) is 13.0 Å². The summed E-state index contributed by atoms with van der Waals surface area (Å²) in [6.07, 6.45) is 2.00. The number of halogens is 1. The van der Waals surface area contributed by atoms with E-state index in [2.05, 4.69) is 4.98 Å². The van der Waals surface area contributed by atoms with Crippen molar-refractivity contribution in [2.45, 2.75) is 26.2 Å².